The molecule has 0 atom stereocenters. The van der Waals surface area contributed by atoms with Crippen LogP contribution in [0.2, 0.25) is 0 Å². The first-order chi connectivity index (χ1) is 28.2. The lowest BCUT2D eigenvalue weighted by Crippen LogP contribution is -2.00. The third-order valence-electron chi connectivity index (χ3n) is 11.1. The Morgan fingerprint density at radius 2 is 0.754 bits per heavy atom. The third-order valence-corrected chi connectivity index (χ3v) is 13.3. The van der Waals surface area contributed by atoms with Crippen LogP contribution < -0.4 is 0 Å². The molecule has 0 N–H and O–H groups in total. The third kappa shape index (κ3) is 5.30. The van der Waals surface area contributed by atoms with E-state index < -0.39 is 0 Å². The predicted molar refractivity (Wildman–Crippen MR) is 242 cm³/mol. The highest BCUT2D eigenvalue weighted by molar-refractivity contribution is 7.26. The summed E-state index contributed by atoms with van der Waals surface area (Å²) in [5, 5.41) is 7.57. The SMILES string of the molecule is c1ccc(-c2nc(-c3ccccc3)nc(-c3ccc4sc5cc(-c6ccc7sc8ccc(-n9c%10ccccc%10c%10ccccc%109)cc8c7c6)ccc5c4c3)n2)cc1. The molecule has 0 aliphatic carbocycles. The van der Waals surface area contributed by atoms with Gasteiger partial charge in [0.1, 0.15) is 0 Å². The van der Waals surface area contributed by atoms with Crippen molar-refractivity contribution in [3.8, 4) is 51.0 Å². The van der Waals surface area contributed by atoms with Crippen LogP contribution in [0.5, 0.6) is 0 Å². The van der Waals surface area contributed by atoms with Gasteiger partial charge in [0, 0.05) is 73.5 Å². The predicted octanol–water partition coefficient (Wildman–Crippen LogP) is 14.4. The molecule has 0 aliphatic heterocycles. The molecule has 4 aromatic heterocycles. The largest absolute Gasteiger partial charge is 0.309 e. The van der Waals surface area contributed by atoms with E-state index in [2.05, 4.69) is 126 Å². The Labute approximate surface area is 335 Å². The maximum absolute atomic E-state index is 4.99. The number of benzene rings is 8. The Hall–Kier alpha value is -6.99. The van der Waals surface area contributed by atoms with E-state index in [0.717, 1.165) is 16.7 Å². The fourth-order valence-electron chi connectivity index (χ4n) is 8.32. The molecule has 0 amide bonds. The first kappa shape index (κ1) is 32.3. The van der Waals surface area contributed by atoms with Crippen molar-refractivity contribution < 1.29 is 0 Å². The number of fused-ring (bicyclic) bond motifs is 9. The van der Waals surface area contributed by atoms with Crippen LogP contribution >= 0.6 is 22.7 Å². The van der Waals surface area contributed by atoms with Gasteiger partial charge in [-0.25, -0.2) is 15.0 Å². The Kier molecular flexibility index (Phi) is 7.24. The Morgan fingerprint density at radius 3 is 1.40 bits per heavy atom. The summed E-state index contributed by atoms with van der Waals surface area (Å²) in [7, 11) is 0. The van der Waals surface area contributed by atoms with E-state index in [4.69, 9.17) is 15.0 Å². The summed E-state index contributed by atoms with van der Waals surface area (Å²) in [5.41, 5.74) is 8.96. The minimum absolute atomic E-state index is 0.665. The van der Waals surface area contributed by atoms with E-state index in [1.165, 1.54) is 79.0 Å². The van der Waals surface area contributed by atoms with Gasteiger partial charge < -0.3 is 4.57 Å². The minimum Gasteiger partial charge on any atom is -0.309 e. The number of para-hydroxylation sites is 2. The standard InChI is InChI=1S/C51H30N4S2/c1-3-11-31(12-4-1)49-52-50(32-13-5-2-6-14-32)54-51(53-49)35-21-25-45-40(28-35)39-23-19-34(29-48(39)57-45)33-20-24-46-41(27-33)42-30-36(22-26-47(42)56-46)55-43-17-9-7-15-37(43)38-16-8-10-18-44(38)55/h1-30H. The van der Waals surface area contributed by atoms with Gasteiger partial charge in [-0.1, -0.05) is 115 Å². The molecule has 0 saturated carbocycles. The van der Waals surface area contributed by atoms with Gasteiger partial charge in [0.15, 0.2) is 17.5 Å². The highest BCUT2D eigenvalue weighted by atomic mass is 32.1. The maximum Gasteiger partial charge on any atom is 0.164 e. The second-order valence-electron chi connectivity index (χ2n) is 14.4. The van der Waals surface area contributed by atoms with Crippen LogP contribution in [0.15, 0.2) is 182 Å². The average molecular weight is 763 g/mol. The first-order valence-corrected chi connectivity index (χ1v) is 20.6. The van der Waals surface area contributed by atoms with Crippen LogP contribution in [0, 0.1) is 0 Å². The van der Waals surface area contributed by atoms with Crippen molar-refractivity contribution >= 4 is 84.8 Å². The topological polar surface area (TPSA) is 43.6 Å². The highest BCUT2D eigenvalue weighted by Crippen LogP contribution is 2.42. The molecule has 8 aromatic carbocycles. The number of thiophene rings is 2. The van der Waals surface area contributed by atoms with Crippen molar-refractivity contribution in [3.05, 3.63) is 182 Å². The lowest BCUT2D eigenvalue weighted by atomic mass is 10.0. The maximum atomic E-state index is 4.99. The smallest absolute Gasteiger partial charge is 0.164 e. The van der Waals surface area contributed by atoms with Crippen molar-refractivity contribution in [2.75, 3.05) is 0 Å². The molecule has 266 valence electrons. The van der Waals surface area contributed by atoms with Crippen LogP contribution in [-0.2, 0) is 0 Å². The molecule has 6 heteroatoms. The van der Waals surface area contributed by atoms with E-state index >= 15 is 0 Å². The van der Waals surface area contributed by atoms with E-state index in [-0.39, 0.29) is 0 Å². The number of hydrogen-bond donors (Lipinski definition) is 0. The lowest BCUT2D eigenvalue weighted by Gasteiger charge is -2.08. The lowest BCUT2D eigenvalue weighted by molar-refractivity contribution is 1.07. The van der Waals surface area contributed by atoms with Crippen molar-refractivity contribution in [1.29, 1.82) is 0 Å². The molecular weight excluding hydrogens is 733 g/mol. The molecular formula is C51H30N4S2. The molecule has 0 bridgehead atoms. The second-order valence-corrected chi connectivity index (χ2v) is 16.6. The van der Waals surface area contributed by atoms with Gasteiger partial charge in [0.05, 0.1) is 11.0 Å². The number of nitrogens with zero attached hydrogens (tertiary/aromatic N) is 4. The first-order valence-electron chi connectivity index (χ1n) is 19.0. The summed E-state index contributed by atoms with van der Waals surface area (Å²) in [6, 6.07) is 65.1. The van der Waals surface area contributed by atoms with Gasteiger partial charge in [0.25, 0.3) is 0 Å². The zero-order valence-corrected chi connectivity index (χ0v) is 32.1. The van der Waals surface area contributed by atoms with Gasteiger partial charge in [0.2, 0.25) is 0 Å². The van der Waals surface area contributed by atoms with Gasteiger partial charge in [-0.05, 0) is 77.9 Å². The molecule has 0 aliphatic rings. The zero-order valence-electron chi connectivity index (χ0n) is 30.4. The van der Waals surface area contributed by atoms with Crippen LogP contribution in [0.25, 0.3) is 113 Å². The van der Waals surface area contributed by atoms with E-state index in [1.807, 2.05) is 83.3 Å². The van der Waals surface area contributed by atoms with Crippen molar-refractivity contribution in [1.82, 2.24) is 19.5 Å². The summed E-state index contributed by atoms with van der Waals surface area (Å²) in [6.07, 6.45) is 0. The number of rotatable bonds is 5. The minimum atomic E-state index is 0.665. The van der Waals surface area contributed by atoms with E-state index in [1.54, 1.807) is 0 Å². The van der Waals surface area contributed by atoms with E-state index in [0.29, 0.717) is 17.5 Å². The molecule has 0 spiro atoms. The van der Waals surface area contributed by atoms with Crippen LogP contribution in [0.1, 0.15) is 0 Å². The summed E-state index contributed by atoms with van der Waals surface area (Å²) in [5.74, 6) is 1.99. The summed E-state index contributed by atoms with van der Waals surface area (Å²) in [4.78, 5) is 14.9. The van der Waals surface area contributed by atoms with Gasteiger partial charge in [-0.15, -0.1) is 22.7 Å². The van der Waals surface area contributed by atoms with Crippen molar-refractivity contribution in [2.45, 2.75) is 0 Å². The molecule has 12 rings (SSSR count). The molecule has 12 aromatic rings. The molecule has 0 unspecified atom stereocenters. The number of hydrogen-bond acceptors (Lipinski definition) is 5. The molecule has 0 fully saturated rings. The van der Waals surface area contributed by atoms with Gasteiger partial charge >= 0.3 is 0 Å². The molecule has 4 heterocycles. The summed E-state index contributed by atoms with van der Waals surface area (Å²) < 4.78 is 7.50. The molecule has 4 nitrogen and oxygen atoms in total. The summed E-state index contributed by atoms with van der Waals surface area (Å²) in [6.45, 7) is 0. The van der Waals surface area contributed by atoms with Crippen molar-refractivity contribution in [2.24, 2.45) is 0 Å². The fourth-order valence-corrected chi connectivity index (χ4v) is 10.5. The van der Waals surface area contributed by atoms with Crippen molar-refractivity contribution in [3.63, 3.8) is 0 Å². The second kappa shape index (κ2) is 12.8. The molecule has 0 radical (unpaired) electrons. The summed E-state index contributed by atoms with van der Waals surface area (Å²) >= 11 is 3.69. The van der Waals surface area contributed by atoms with Crippen LogP contribution in [0.4, 0.5) is 0 Å². The Balaban J connectivity index is 0.946. The average Bonchev–Trinajstić information content (AvgIpc) is 3.95. The highest BCUT2D eigenvalue weighted by Gasteiger charge is 2.17. The van der Waals surface area contributed by atoms with Gasteiger partial charge in [-0.2, -0.15) is 0 Å². The molecule has 0 saturated heterocycles. The molecule has 57 heavy (non-hydrogen) atoms. The number of aromatic nitrogens is 4. The Bertz CT molecular complexity index is 3410. The fraction of sp³-hybridized carbons (Fsp3) is 0. The zero-order chi connectivity index (χ0) is 37.5. The monoisotopic (exact) mass is 762 g/mol. The van der Waals surface area contributed by atoms with E-state index in [9.17, 15) is 0 Å². The Morgan fingerprint density at radius 1 is 0.298 bits per heavy atom. The van der Waals surface area contributed by atoms with Gasteiger partial charge in [-0.3, -0.25) is 0 Å². The normalized spacial score (nSPS) is 11.9. The van der Waals surface area contributed by atoms with Crippen LogP contribution in [0.3, 0.4) is 0 Å². The van der Waals surface area contributed by atoms with Crippen LogP contribution in [-0.4, -0.2) is 19.5 Å². The quantitative estimate of drug-likeness (QED) is 0.175.